The van der Waals surface area contributed by atoms with Crippen molar-refractivity contribution in [2.45, 2.75) is 40.0 Å². The number of ether oxygens (including phenoxy) is 5. The third-order valence-corrected chi connectivity index (χ3v) is 4.72. The summed E-state index contributed by atoms with van der Waals surface area (Å²) in [5.74, 6) is 0. The van der Waals surface area contributed by atoms with Crippen LogP contribution >= 0.6 is 7.82 Å². The molecule has 0 atom stereocenters. The average molecular weight is 445 g/mol. The Morgan fingerprint density at radius 1 is 0.414 bits per heavy atom. The van der Waals surface area contributed by atoms with E-state index in [0.717, 1.165) is 19.3 Å². The number of rotatable bonds is 24. The maximum atomic E-state index is 12.7. The van der Waals surface area contributed by atoms with Gasteiger partial charge >= 0.3 is 7.82 Å². The van der Waals surface area contributed by atoms with E-state index in [0.29, 0.717) is 52.9 Å². The summed E-state index contributed by atoms with van der Waals surface area (Å²) in [5.41, 5.74) is 0. The molecule has 0 spiro atoms. The second-order valence-corrected chi connectivity index (χ2v) is 7.68. The summed E-state index contributed by atoms with van der Waals surface area (Å²) in [4.78, 5) is 0. The smallest absolute Gasteiger partial charge is 0.379 e. The van der Waals surface area contributed by atoms with Crippen LogP contribution < -0.4 is 0 Å². The Morgan fingerprint density at radius 3 is 0.931 bits per heavy atom. The lowest BCUT2D eigenvalue weighted by Crippen LogP contribution is -2.14. The topological polar surface area (TPSA) is 90.9 Å². The zero-order valence-electron chi connectivity index (χ0n) is 18.4. The van der Waals surface area contributed by atoms with Gasteiger partial charge in [0.1, 0.15) is 0 Å². The monoisotopic (exact) mass is 444 g/mol. The van der Waals surface area contributed by atoms with Crippen LogP contribution in [0.5, 0.6) is 0 Å². The molecule has 176 valence electrons. The molecule has 0 saturated carbocycles. The fourth-order valence-corrected chi connectivity index (χ4v) is 3.03. The van der Waals surface area contributed by atoms with Crippen molar-refractivity contribution in [1.82, 2.24) is 0 Å². The molecular weight excluding hydrogens is 403 g/mol. The van der Waals surface area contributed by atoms with Crippen molar-refractivity contribution < 1.29 is 41.8 Å². The predicted molar refractivity (Wildman–Crippen MR) is 110 cm³/mol. The van der Waals surface area contributed by atoms with E-state index in [1.54, 1.807) is 0 Å². The molecule has 0 bridgehead atoms. The fourth-order valence-electron chi connectivity index (χ4n) is 1.91. The van der Waals surface area contributed by atoms with Gasteiger partial charge in [-0.05, 0) is 19.3 Å². The summed E-state index contributed by atoms with van der Waals surface area (Å²) in [5, 5.41) is 0. The van der Waals surface area contributed by atoms with Gasteiger partial charge in [0.2, 0.25) is 0 Å². The standard InChI is InChI=1S/C19H41O9P/c1-4-7-21-10-12-24-15-18-27-29(20,26-17-14-23-9-6-3)28-19-16-25-13-11-22-8-5-2/h4-19H2,1-3H3. The van der Waals surface area contributed by atoms with Crippen LogP contribution in [0.4, 0.5) is 0 Å². The minimum atomic E-state index is -3.70. The zero-order chi connectivity index (χ0) is 21.5. The van der Waals surface area contributed by atoms with E-state index in [-0.39, 0.29) is 33.0 Å². The van der Waals surface area contributed by atoms with E-state index >= 15 is 0 Å². The van der Waals surface area contributed by atoms with Crippen molar-refractivity contribution >= 4 is 7.82 Å². The highest BCUT2D eigenvalue weighted by atomic mass is 31.2. The minimum Gasteiger partial charge on any atom is -0.379 e. The van der Waals surface area contributed by atoms with Crippen molar-refractivity contribution in [3.8, 4) is 0 Å². The molecule has 0 N–H and O–H groups in total. The van der Waals surface area contributed by atoms with Gasteiger partial charge in [-0.1, -0.05) is 20.8 Å². The molecule has 10 heteroatoms. The first-order chi connectivity index (χ1) is 14.2. The van der Waals surface area contributed by atoms with E-state index in [1.807, 2.05) is 20.8 Å². The van der Waals surface area contributed by atoms with E-state index in [2.05, 4.69) is 0 Å². The molecular formula is C19H41O9P. The summed E-state index contributed by atoms with van der Waals surface area (Å²) in [6.45, 7) is 11.3. The molecule has 0 amide bonds. The normalized spacial score (nSPS) is 12.0. The first-order valence-electron chi connectivity index (χ1n) is 10.6. The quantitative estimate of drug-likeness (QED) is 0.164. The van der Waals surface area contributed by atoms with Crippen molar-refractivity contribution in [1.29, 1.82) is 0 Å². The SMILES string of the molecule is CCCOCCOCCOP(=O)(OCCOCCC)OCCOCCOCCC. The molecule has 0 aromatic carbocycles. The van der Waals surface area contributed by atoms with Crippen LogP contribution in [0, 0.1) is 0 Å². The van der Waals surface area contributed by atoms with E-state index < -0.39 is 7.82 Å². The molecule has 9 nitrogen and oxygen atoms in total. The lowest BCUT2D eigenvalue weighted by atomic mass is 10.5. The lowest BCUT2D eigenvalue weighted by Gasteiger charge is -2.18. The Kier molecular flexibility index (Phi) is 22.5. The fraction of sp³-hybridized carbons (Fsp3) is 1.00. The number of phosphoric ester groups is 1. The second-order valence-electron chi connectivity index (χ2n) is 6.01. The van der Waals surface area contributed by atoms with Crippen LogP contribution in [0.25, 0.3) is 0 Å². The zero-order valence-corrected chi connectivity index (χ0v) is 19.3. The van der Waals surface area contributed by atoms with Gasteiger partial charge in [-0.2, -0.15) is 0 Å². The lowest BCUT2D eigenvalue weighted by molar-refractivity contribution is 0.0114. The molecule has 0 aromatic heterocycles. The summed E-state index contributed by atoms with van der Waals surface area (Å²) in [6, 6.07) is 0. The Bertz CT molecular complexity index is 348. The van der Waals surface area contributed by atoms with Gasteiger partial charge in [0.05, 0.1) is 66.1 Å². The Morgan fingerprint density at radius 2 is 0.655 bits per heavy atom. The average Bonchev–Trinajstić information content (AvgIpc) is 2.72. The van der Waals surface area contributed by atoms with Crippen LogP contribution in [-0.4, -0.2) is 85.9 Å². The van der Waals surface area contributed by atoms with Crippen molar-refractivity contribution in [3.05, 3.63) is 0 Å². The summed E-state index contributed by atoms with van der Waals surface area (Å²) in [7, 11) is -3.70. The largest absolute Gasteiger partial charge is 0.475 e. The van der Waals surface area contributed by atoms with Crippen LogP contribution in [0.2, 0.25) is 0 Å². The van der Waals surface area contributed by atoms with Gasteiger partial charge in [-0.3, -0.25) is 13.6 Å². The van der Waals surface area contributed by atoms with Crippen molar-refractivity contribution in [2.75, 3.05) is 85.9 Å². The number of phosphoric acid groups is 1. The Hall–Kier alpha value is -0.0900. The molecule has 0 saturated heterocycles. The van der Waals surface area contributed by atoms with E-state index in [1.165, 1.54) is 0 Å². The molecule has 0 radical (unpaired) electrons. The Balaban J connectivity index is 4.00. The maximum absolute atomic E-state index is 12.7. The molecule has 0 heterocycles. The predicted octanol–water partition coefficient (Wildman–Crippen LogP) is 3.46. The molecule has 0 fully saturated rings. The van der Waals surface area contributed by atoms with Crippen LogP contribution in [-0.2, 0) is 41.8 Å². The van der Waals surface area contributed by atoms with Crippen LogP contribution in [0.1, 0.15) is 40.0 Å². The minimum absolute atomic E-state index is 0.0899. The van der Waals surface area contributed by atoms with Gasteiger partial charge in [0.15, 0.2) is 0 Å². The number of hydrogen-bond donors (Lipinski definition) is 0. The molecule has 0 aliphatic carbocycles. The molecule has 0 aliphatic heterocycles. The second kappa shape index (κ2) is 22.6. The molecule has 0 aromatic rings. The highest BCUT2D eigenvalue weighted by Gasteiger charge is 2.26. The number of hydrogen-bond acceptors (Lipinski definition) is 9. The third-order valence-electron chi connectivity index (χ3n) is 3.22. The molecule has 0 rings (SSSR count). The third kappa shape index (κ3) is 20.9. The van der Waals surface area contributed by atoms with Gasteiger partial charge in [-0.25, -0.2) is 4.57 Å². The molecule has 0 unspecified atom stereocenters. The van der Waals surface area contributed by atoms with Gasteiger partial charge in [-0.15, -0.1) is 0 Å². The van der Waals surface area contributed by atoms with Gasteiger partial charge in [0, 0.05) is 19.8 Å². The highest BCUT2D eigenvalue weighted by molar-refractivity contribution is 7.48. The van der Waals surface area contributed by atoms with Gasteiger partial charge in [0.25, 0.3) is 0 Å². The van der Waals surface area contributed by atoms with Crippen LogP contribution in [0.3, 0.4) is 0 Å². The van der Waals surface area contributed by atoms with E-state index in [4.69, 9.17) is 37.3 Å². The maximum Gasteiger partial charge on any atom is 0.475 e. The van der Waals surface area contributed by atoms with Crippen molar-refractivity contribution in [2.24, 2.45) is 0 Å². The molecule has 29 heavy (non-hydrogen) atoms. The highest BCUT2D eigenvalue weighted by Crippen LogP contribution is 2.49. The molecule has 0 aliphatic rings. The van der Waals surface area contributed by atoms with Gasteiger partial charge < -0.3 is 23.7 Å². The van der Waals surface area contributed by atoms with Crippen LogP contribution in [0.15, 0.2) is 0 Å². The first-order valence-corrected chi connectivity index (χ1v) is 12.1. The summed E-state index contributed by atoms with van der Waals surface area (Å²) < 4.78 is 55.4. The summed E-state index contributed by atoms with van der Waals surface area (Å²) in [6.07, 6.45) is 2.85. The van der Waals surface area contributed by atoms with E-state index in [9.17, 15) is 4.57 Å². The Labute approximate surface area is 176 Å². The summed E-state index contributed by atoms with van der Waals surface area (Å²) >= 11 is 0. The van der Waals surface area contributed by atoms with Crippen molar-refractivity contribution in [3.63, 3.8) is 0 Å². The first kappa shape index (κ1) is 28.9.